The molecule has 2 atom stereocenters. The molecule has 0 aliphatic heterocycles. The van der Waals surface area contributed by atoms with E-state index in [9.17, 15) is 9.90 Å². The highest BCUT2D eigenvalue weighted by Crippen LogP contribution is 2.29. The van der Waals surface area contributed by atoms with Crippen molar-refractivity contribution in [3.05, 3.63) is 23.8 Å². The molecule has 0 radical (unpaired) electrons. The Morgan fingerprint density at radius 1 is 1.42 bits per heavy atom. The van der Waals surface area contributed by atoms with Crippen molar-refractivity contribution < 1.29 is 9.90 Å². The molecule has 4 N–H and O–H groups in total. The Kier molecular flexibility index (Phi) is 4.30. The fraction of sp³-hybridized carbons (Fsp3) is 0.533. The first-order chi connectivity index (χ1) is 9.09. The Hall–Kier alpha value is -1.71. The second kappa shape index (κ2) is 5.95. The van der Waals surface area contributed by atoms with Crippen molar-refractivity contribution in [2.75, 3.05) is 12.3 Å². The molecule has 4 nitrogen and oxygen atoms in total. The van der Waals surface area contributed by atoms with Crippen LogP contribution in [0.1, 0.15) is 43.0 Å². The van der Waals surface area contributed by atoms with E-state index in [2.05, 4.69) is 12.2 Å². The second-order valence-electron chi connectivity index (χ2n) is 5.48. The van der Waals surface area contributed by atoms with Crippen LogP contribution in [0.15, 0.2) is 18.2 Å². The summed E-state index contributed by atoms with van der Waals surface area (Å²) in [5.41, 5.74) is 6.08. The number of phenolic OH excluding ortho intramolecular Hbond substituents is 1. The zero-order valence-corrected chi connectivity index (χ0v) is 11.4. The normalized spacial score (nSPS) is 23.0. The summed E-state index contributed by atoms with van der Waals surface area (Å²) < 4.78 is 0. The highest BCUT2D eigenvalue weighted by atomic mass is 16.3. The van der Waals surface area contributed by atoms with Gasteiger partial charge in [-0.25, -0.2) is 0 Å². The summed E-state index contributed by atoms with van der Waals surface area (Å²) in [5.74, 6) is 0.823. The van der Waals surface area contributed by atoms with Gasteiger partial charge in [0, 0.05) is 6.54 Å². The Labute approximate surface area is 114 Å². The van der Waals surface area contributed by atoms with E-state index in [0.717, 1.165) is 0 Å². The minimum Gasteiger partial charge on any atom is -0.505 e. The maximum Gasteiger partial charge on any atom is 0.255 e. The molecule has 1 aromatic carbocycles. The van der Waals surface area contributed by atoms with Crippen LogP contribution >= 0.6 is 0 Å². The number of nitrogens with one attached hydrogen (secondary N) is 1. The molecule has 0 spiro atoms. The fourth-order valence-electron chi connectivity index (χ4n) is 2.76. The third-order valence-electron chi connectivity index (χ3n) is 4.13. The van der Waals surface area contributed by atoms with Crippen LogP contribution in [0.5, 0.6) is 5.75 Å². The van der Waals surface area contributed by atoms with Gasteiger partial charge in [-0.15, -0.1) is 0 Å². The smallest absolute Gasteiger partial charge is 0.255 e. The van der Waals surface area contributed by atoms with Gasteiger partial charge < -0.3 is 16.2 Å². The van der Waals surface area contributed by atoms with Crippen molar-refractivity contribution in [1.82, 2.24) is 5.32 Å². The van der Waals surface area contributed by atoms with E-state index in [-0.39, 0.29) is 22.9 Å². The molecular formula is C15H22N2O2. The number of nitrogens with two attached hydrogens (primary N) is 1. The quantitative estimate of drug-likeness (QED) is 0.579. The lowest BCUT2D eigenvalue weighted by molar-refractivity contribution is 0.0934. The van der Waals surface area contributed by atoms with Gasteiger partial charge >= 0.3 is 0 Å². The maximum atomic E-state index is 12.0. The predicted molar refractivity (Wildman–Crippen MR) is 76.0 cm³/mol. The average Bonchev–Trinajstić information content (AvgIpc) is 2.40. The van der Waals surface area contributed by atoms with E-state index in [4.69, 9.17) is 5.73 Å². The number of anilines is 1. The molecule has 19 heavy (non-hydrogen) atoms. The summed E-state index contributed by atoms with van der Waals surface area (Å²) in [6, 6.07) is 4.84. The number of benzene rings is 1. The molecule has 2 unspecified atom stereocenters. The minimum atomic E-state index is -0.248. The Morgan fingerprint density at radius 2 is 2.16 bits per heavy atom. The number of carbonyl (C=O) groups excluding carboxylic acids is 1. The van der Waals surface area contributed by atoms with Crippen molar-refractivity contribution >= 4 is 11.6 Å². The summed E-state index contributed by atoms with van der Waals surface area (Å²) in [4.78, 5) is 12.0. The van der Waals surface area contributed by atoms with Crippen LogP contribution in [0.2, 0.25) is 0 Å². The zero-order chi connectivity index (χ0) is 13.8. The lowest BCUT2D eigenvalue weighted by Gasteiger charge is -2.28. The number of carbonyl (C=O) groups is 1. The van der Waals surface area contributed by atoms with Crippen LogP contribution in [0.3, 0.4) is 0 Å². The van der Waals surface area contributed by atoms with Gasteiger partial charge in [0.2, 0.25) is 0 Å². The van der Waals surface area contributed by atoms with Crippen LogP contribution < -0.4 is 11.1 Å². The molecule has 1 amide bonds. The van der Waals surface area contributed by atoms with Gasteiger partial charge in [-0.3, -0.25) is 4.79 Å². The minimum absolute atomic E-state index is 0.128. The van der Waals surface area contributed by atoms with E-state index in [0.29, 0.717) is 18.4 Å². The Morgan fingerprint density at radius 3 is 2.89 bits per heavy atom. The predicted octanol–water partition coefficient (Wildman–Crippen LogP) is 2.53. The lowest BCUT2D eigenvalue weighted by atomic mass is 9.80. The van der Waals surface area contributed by atoms with E-state index in [1.165, 1.54) is 25.7 Å². The van der Waals surface area contributed by atoms with Crippen molar-refractivity contribution in [1.29, 1.82) is 0 Å². The number of hydrogen-bond acceptors (Lipinski definition) is 3. The number of amides is 1. The average molecular weight is 262 g/mol. The molecular weight excluding hydrogens is 240 g/mol. The summed E-state index contributed by atoms with van der Waals surface area (Å²) in [6.45, 7) is 2.92. The Balaban J connectivity index is 1.95. The van der Waals surface area contributed by atoms with Gasteiger partial charge in [0.15, 0.2) is 5.75 Å². The molecule has 0 bridgehead atoms. The van der Waals surface area contributed by atoms with Gasteiger partial charge in [-0.1, -0.05) is 32.3 Å². The number of aromatic hydroxyl groups is 1. The number of phenols is 1. The molecule has 1 aliphatic rings. The van der Waals surface area contributed by atoms with Crippen LogP contribution in [0.4, 0.5) is 5.69 Å². The number of hydrogen-bond donors (Lipinski definition) is 3. The molecule has 0 saturated heterocycles. The largest absolute Gasteiger partial charge is 0.505 e. The maximum absolute atomic E-state index is 12.0. The van der Waals surface area contributed by atoms with Gasteiger partial charge in [0.1, 0.15) is 0 Å². The van der Waals surface area contributed by atoms with Gasteiger partial charge in [0.05, 0.1) is 11.3 Å². The van der Waals surface area contributed by atoms with Crippen molar-refractivity contribution in [2.24, 2.45) is 11.8 Å². The van der Waals surface area contributed by atoms with Crippen LogP contribution in [0.25, 0.3) is 0 Å². The first-order valence-electron chi connectivity index (χ1n) is 6.95. The molecule has 104 valence electrons. The standard InChI is InChI=1S/C15H22N2O2/c1-10-5-2-3-6-11(10)9-17-15(19)12-7-4-8-13(16)14(12)18/h4,7-8,10-11,18H,2-3,5-6,9,16H2,1H3,(H,17,19). The molecule has 1 saturated carbocycles. The van der Waals surface area contributed by atoms with E-state index in [1.807, 2.05) is 0 Å². The van der Waals surface area contributed by atoms with Crippen LogP contribution in [-0.2, 0) is 0 Å². The first-order valence-corrected chi connectivity index (χ1v) is 6.95. The number of rotatable bonds is 3. The third kappa shape index (κ3) is 3.19. The topological polar surface area (TPSA) is 75.4 Å². The van der Waals surface area contributed by atoms with E-state index < -0.39 is 0 Å². The van der Waals surface area contributed by atoms with Crippen molar-refractivity contribution in [3.8, 4) is 5.75 Å². The molecule has 4 heteroatoms. The molecule has 0 heterocycles. The highest BCUT2D eigenvalue weighted by molar-refractivity contribution is 5.98. The second-order valence-corrected chi connectivity index (χ2v) is 5.48. The summed E-state index contributed by atoms with van der Waals surface area (Å²) in [5, 5.41) is 12.7. The van der Waals surface area contributed by atoms with Crippen LogP contribution in [0, 0.1) is 11.8 Å². The molecule has 1 aromatic rings. The molecule has 1 fully saturated rings. The van der Waals surface area contributed by atoms with Gasteiger partial charge in [-0.2, -0.15) is 0 Å². The fourth-order valence-corrected chi connectivity index (χ4v) is 2.76. The molecule has 2 rings (SSSR count). The summed E-state index contributed by atoms with van der Waals surface area (Å²) in [7, 11) is 0. The number of nitrogen functional groups attached to an aromatic ring is 1. The number of para-hydroxylation sites is 1. The van der Waals surface area contributed by atoms with Crippen molar-refractivity contribution in [2.45, 2.75) is 32.6 Å². The van der Waals surface area contributed by atoms with E-state index in [1.54, 1.807) is 18.2 Å². The summed E-state index contributed by atoms with van der Waals surface area (Å²) >= 11 is 0. The third-order valence-corrected chi connectivity index (χ3v) is 4.13. The first kappa shape index (κ1) is 13.7. The van der Waals surface area contributed by atoms with Crippen molar-refractivity contribution in [3.63, 3.8) is 0 Å². The SMILES string of the molecule is CC1CCCCC1CNC(=O)c1cccc(N)c1O. The summed E-state index contributed by atoms with van der Waals surface area (Å²) in [6.07, 6.45) is 4.95. The van der Waals surface area contributed by atoms with Crippen LogP contribution in [-0.4, -0.2) is 17.6 Å². The van der Waals surface area contributed by atoms with Gasteiger partial charge in [0.25, 0.3) is 5.91 Å². The zero-order valence-electron chi connectivity index (χ0n) is 11.4. The monoisotopic (exact) mass is 262 g/mol. The van der Waals surface area contributed by atoms with Gasteiger partial charge in [-0.05, 0) is 30.4 Å². The molecule has 0 aromatic heterocycles. The Bertz CT molecular complexity index is 459. The lowest BCUT2D eigenvalue weighted by Crippen LogP contribution is -2.33. The highest BCUT2D eigenvalue weighted by Gasteiger charge is 2.22. The molecule has 1 aliphatic carbocycles. The van der Waals surface area contributed by atoms with E-state index >= 15 is 0 Å².